The van der Waals surface area contributed by atoms with Crippen molar-refractivity contribution in [1.82, 2.24) is 4.37 Å². The predicted octanol–water partition coefficient (Wildman–Crippen LogP) is 3.04. The normalized spacial score (nSPS) is 23.1. The van der Waals surface area contributed by atoms with Crippen LogP contribution in [-0.2, 0) is 9.84 Å². The fourth-order valence-corrected chi connectivity index (χ4v) is 5.89. The molecule has 0 bridgehead atoms. The minimum Gasteiger partial charge on any atom is -0.382 e. The van der Waals surface area contributed by atoms with Gasteiger partial charge in [-0.1, -0.05) is 13.8 Å². The maximum absolute atomic E-state index is 12.5. The zero-order valence-electron chi connectivity index (χ0n) is 12.6. The van der Waals surface area contributed by atoms with Crippen molar-refractivity contribution in [3.63, 3.8) is 0 Å². The van der Waals surface area contributed by atoms with Gasteiger partial charge in [-0.05, 0) is 55.5 Å². The SMILES string of the molecule is CC1(C)CCC(Nc2snc(N)c2S(=O)(=O)C2CC2)CC1. The van der Waals surface area contributed by atoms with Gasteiger partial charge in [-0.3, -0.25) is 0 Å². The van der Waals surface area contributed by atoms with Crippen LogP contribution < -0.4 is 11.1 Å². The number of hydrogen-bond acceptors (Lipinski definition) is 6. The molecule has 0 aromatic carbocycles. The van der Waals surface area contributed by atoms with Crippen LogP contribution in [0.3, 0.4) is 0 Å². The van der Waals surface area contributed by atoms with E-state index in [0.29, 0.717) is 16.5 Å². The minimum atomic E-state index is -3.30. The lowest BCUT2D eigenvalue weighted by molar-refractivity contribution is 0.232. The van der Waals surface area contributed by atoms with Gasteiger partial charge in [0.25, 0.3) is 0 Å². The molecule has 3 N–H and O–H groups in total. The van der Waals surface area contributed by atoms with Gasteiger partial charge >= 0.3 is 0 Å². The Balaban J connectivity index is 1.78. The molecule has 0 radical (unpaired) electrons. The molecule has 1 heterocycles. The molecule has 0 spiro atoms. The lowest BCUT2D eigenvalue weighted by Gasteiger charge is -2.34. The Hall–Kier alpha value is -0.820. The first-order valence-corrected chi connectivity index (χ1v) is 9.87. The van der Waals surface area contributed by atoms with Gasteiger partial charge in [-0.25, -0.2) is 8.42 Å². The van der Waals surface area contributed by atoms with Crippen molar-refractivity contribution in [3.8, 4) is 0 Å². The summed E-state index contributed by atoms with van der Waals surface area (Å²) in [6, 6.07) is 0.325. The first-order valence-electron chi connectivity index (χ1n) is 7.55. The molecule has 0 amide bonds. The minimum absolute atomic E-state index is 0.158. The van der Waals surface area contributed by atoms with Gasteiger partial charge in [0.1, 0.15) is 9.90 Å². The molecule has 2 saturated carbocycles. The van der Waals surface area contributed by atoms with Gasteiger partial charge in [-0.2, -0.15) is 4.37 Å². The Morgan fingerprint density at radius 2 is 1.86 bits per heavy atom. The largest absolute Gasteiger partial charge is 0.382 e. The summed E-state index contributed by atoms with van der Waals surface area (Å²) in [4.78, 5) is 0.250. The van der Waals surface area contributed by atoms with E-state index >= 15 is 0 Å². The van der Waals surface area contributed by atoms with Gasteiger partial charge in [-0.15, -0.1) is 0 Å². The van der Waals surface area contributed by atoms with Crippen LogP contribution >= 0.6 is 11.5 Å². The van der Waals surface area contributed by atoms with Gasteiger partial charge in [0.05, 0.1) is 5.25 Å². The second-order valence-corrected chi connectivity index (χ2v) is 9.99. The van der Waals surface area contributed by atoms with Crippen LogP contribution in [0, 0.1) is 5.41 Å². The molecule has 1 aromatic heterocycles. The smallest absolute Gasteiger partial charge is 0.187 e. The maximum Gasteiger partial charge on any atom is 0.187 e. The van der Waals surface area contributed by atoms with Crippen molar-refractivity contribution >= 4 is 32.2 Å². The Labute approximate surface area is 130 Å². The molecule has 118 valence electrons. The second kappa shape index (κ2) is 5.12. The average molecular weight is 329 g/mol. The summed E-state index contributed by atoms with van der Waals surface area (Å²) in [5.41, 5.74) is 6.22. The quantitative estimate of drug-likeness (QED) is 0.887. The van der Waals surface area contributed by atoms with Gasteiger partial charge in [0.15, 0.2) is 15.7 Å². The number of nitrogens with one attached hydrogen (secondary N) is 1. The monoisotopic (exact) mass is 329 g/mol. The lowest BCUT2D eigenvalue weighted by Crippen LogP contribution is -2.30. The fourth-order valence-electron chi connectivity index (χ4n) is 2.93. The maximum atomic E-state index is 12.5. The van der Waals surface area contributed by atoms with Gasteiger partial charge < -0.3 is 11.1 Å². The summed E-state index contributed by atoms with van der Waals surface area (Å²) in [6.07, 6.45) is 5.93. The summed E-state index contributed by atoms with van der Waals surface area (Å²) in [5, 5.41) is 3.79. The van der Waals surface area contributed by atoms with Crippen molar-refractivity contribution in [2.24, 2.45) is 5.41 Å². The highest BCUT2D eigenvalue weighted by molar-refractivity contribution is 7.92. The summed E-state index contributed by atoms with van der Waals surface area (Å²) in [7, 11) is -3.30. The Bertz CT molecular complexity index is 623. The molecule has 21 heavy (non-hydrogen) atoms. The van der Waals surface area contributed by atoms with Gasteiger partial charge in [0.2, 0.25) is 0 Å². The van der Waals surface area contributed by atoms with E-state index in [2.05, 4.69) is 23.5 Å². The number of hydrogen-bond donors (Lipinski definition) is 2. The summed E-state index contributed by atoms with van der Waals surface area (Å²) in [5.74, 6) is 0.158. The van der Waals surface area contributed by atoms with E-state index in [9.17, 15) is 8.42 Å². The van der Waals surface area contributed by atoms with E-state index in [1.165, 1.54) is 11.5 Å². The zero-order chi connectivity index (χ0) is 15.3. The van der Waals surface area contributed by atoms with Crippen LogP contribution in [0.5, 0.6) is 0 Å². The van der Waals surface area contributed by atoms with Crippen LogP contribution in [0.4, 0.5) is 10.8 Å². The standard InChI is InChI=1S/C14H23N3O2S2/c1-14(2)7-5-9(6-8-14)16-13-11(12(15)17-20-13)21(18,19)10-3-4-10/h9-10,16H,3-8H2,1-2H3,(H2,15,17). The molecule has 0 atom stereocenters. The van der Waals surface area contributed by atoms with Crippen molar-refractivity contribution < 1.29 is 8.42 Å². The third-order valence-electron chi connectivity index (χ3n) is 4.60. The number of nitrogen functional groups attached to an aromatic ring is 1. The van der Waals surface area contributed by atoms with Gasteiger partial charge in [0, 0.05) is 6.04 Å². The number of anilines is 2. The zero-order valence-corrected chi connectivity index (χ0v) is 14.2. The number of rotatable bonds is 4. The topological polar surface area (TPSA) is 85.1 Å². The molecule has 5 nitrogen and oxygen atoms in total. The number of sulfone groups is 1. The van der Waals surface area contributed by atoms with Crippen LogP contribution in [-0.4, -0.2) is 24.1 Å². The van der Waals surface area contributed by atoms with E-state index in [0.717, 1.165) is 38.5 Å². The van der Waals surface area contributed by atoms with Crippen molar-refractivity contribution in [2.45, 2.75) is 68.6 Å². The molecule has 2 aliphatic rings. The van der Waals surface area contributed by atoms with Crippen LogP contribution in [0.25, 0.3) is 0 Å². The van der Waals surface area contributed by atoms with E-state index in [1.54, 1.807) is 0 Å². The number of aromatic nitrogens is 1. The summed E-state index contributed by atoms with van der Waals surface area (Å²) >= 11 is 1.18. The molecule has 2 fully saturated rings. The van der Waals surface area contributed by atoms with Crippen LogP contribution in [0.2, 0.25) is 0 Å². The predicted molar refractivity (Wildman–Crippen MR) is 86.4 cm³/mol. The highest BCUT2D eigenvalue weighted by atomic mass is 32.2. The summed E-state index contributed by atoms with van der Waals surface area (Å²) in [6.45, 7) is 4.58. The molecule has 0 saturated heterocycles. The van der Waals surface area contributed by atoms with Crippen molar-refractivity contribution in [1.29, 1.82) is 0 Å². The Morgan fingerprint density at radius 3 is 2.43 bits per heavy atom. The van der Waals surface area contributed by atoms with E-state index in [4.69, 9.17) is 5.73 Å². The Kier molecular flexibility index (Phi) is 3.68. The molecule has 0 unspecified atom stereocenters. The molecule has 2 aliphatic carbocycles. The molecule has 3 rings (SSSR count). The highest BCUT2D eigenvalue weighted by Gasteiger charge is 2.41. The first kappa shape index (κ1) is 15.1. The second-order valence-electron chi connectivity index (χ2n) is 7.05. The van der Waals surface area contributed by atoms with Crippen LogP contribution in [0.15, 0.2) is 4.90 Å². The number of nitrogens with two attached hydrogens (primary N) is 1. The third kappa shape index (κ3) is 3.04. The van der Waals surface area contributed by atoms with E-state index < -0.39 is 9.84 Å². The molecule has 1 aromatic rings. The van der Waals surface area contributed by atoms with Crippen molar-refractivity contribution in [3.05, 3.63) is 0 Å². The third-order valence-corrected chi connectivity index (χ3v) is 7.85. The lowest BCUT2D eigenvalue weighted by atomic mass is 9.76. The molecular formula is C14H23N3O2S2. The molecule has 7 heteroatoms. The molecular weight excluding hydrogens is 306 g/mol. The Morgan fingerprint density at radius 1 is 1.24 bits per heavy atom. The number of nitrogens with zero attached hydrogens (tertiary/aromatic N) is 1. The first-order chi connectivity index (χ1) is 9.79. The summed E-state index contributed by atoms with van der Waals surface area (Å²) < 4.78 is 29.0. The van der Waals surface area contributed by atoms with E-state index in [1.807, 2.05) is 0 Å². The fraction of sp³-hybridized carbons (Fsp3) is 0.786. The van der Waals surface area contributed by atoms with E-state index in [-0.39, 0.29) is 16.0 Å². The van der Waals surface area contributed by atoms with Crippen LogP contribution in [0.1, 0.15) is 52.4 Å². The average Bonchev–Trinajstić information content (AvgIpc) is 3.18. The van der Waals surface area contributed by atoms with Crippen molar-refractivity contribution in [2.75, 3.05) is 11.1 Å². The molecule has 0 aliphatic heterocycles. The highest BCUT2D eigenvalue weighted by Crippen LogP contribution is 2.42.